The highest BCUT2D eigenvalue weighted by atomic mass is 19.1. The molecular weight excluding hydrogens is 195 g/mol. The number of aromatic amines is 1. The van der Waals surface area contributed by atoms with Gasteiger partial charge in [0.05, 0.1) is 12.3 Å². The van der Waals surface area contributed by atoms with Crippen LogP contribution in [0.2, 0.25) is 0 Å². The SMILES string of the molecule is OCc1n[nH]cc1Cc1ccc(F)cc1. The summed E-state index contributed by atoms with van der Waals surface area (Å²) in [5.74, 6) is -0.242. The van der Waals surface area contributed by atoms with Crippen LogP contribution in [-0.4, -0.2) is 15.3 Å². The van der Waals surface area contributed by atoms with Crippen molar-refractivity contribution in [2.24, 2.45) is 0 Å². The third-order valence-electron chi connectivity index (χ3n) is 2.27. The number of nitrogens with one attached hydrogen (secondary N) is 1. The van der Waals surface area contributed by atoms with Crippen molar-refractivity contribution in [2.45, 2.75) is 13.0 Å². The molecule has 2 rings (SSSR count). The van der Waals surface area contributed by atoms with Crippen molar-refractivity contribution in [3.05, 3.63) is 53.1 Å². The summed E-state index contributed by atoms with van der Waals surface area (Å²) in [6.45, 7) is -0.0833. The molecule has 1 heterocycles. The van der Waals surface area contributed by atoms with Crippen molar-refractivity contribution < 1.29 is 9.50 Å². The molecule has 0 saturated heterocycles. The minimum absolute atomic E-state index is 0.0833. The van der Waals surface area contributed by atoms with Crippen molar-refractivity contribution in [3.8, 4) is 0 Å². The highest BCUT2D eigenvalue weighted by Crippen LogP contribution is 2.12. The molecule has 0 saturated carbocycles. The summed E-state index contributed by atoms with van der Waals surface area (Å²) in [5.41, 5.74) is 2.57. The second-order valence-electron chi connectivity index (χ2n) is 3.32. The fraction of sp³-hybridized carbons (Fsp3) is 0.182. The van der Waals surface area contributed by atoms with E-state index < -0.39 is 0 Å². The lowest BCUT2D eigenvalue weighted by atomic mass is 10.1. The van der Waals surface area contributed by atoms with E-state index in [-0.39, 0.29) is 12.4 Å². The molecule has 0 radical (unpaired) electrons. The fourth-order valence-corrected chi connectivity index (χ4v) is 1.46. The fourth-order valence-electron chi connectivity index (χ4n) is 1.46. The Bertz CT molecular complexity index is 436. The summed E-state index contributed by atoms with van der Waals surface area (Å²) in [5, 5.41) is 15.6. The molecule has 0 aliphatic rings. The first kappa shape index (κ1) is 9.86. The van der Waals surface area contributed by atoms with Crippen LogP contribution < -0.4 is 0 Å². The zero-order valence-electron chi connectivity index (χ0n) is 8.07. The predicted octanol–water partition coefficient (Wildman–Crippen LogP) is 1.63. The molecule has 15 heavy (non-hydrogen) atoms. The lowest BCUT2D eigenvalue weighted by molar-refractivity contribution is 0.275. The summed E-state index contributed by atoms with van der Waals surface area (Å²) in [7, 11) is 0. The molecular formula is C11H11FN2O. The average Bonchev–Trinajstić information content (AvgIpc) is 2.69. The largest absolute Gasteiger partial charge is 0.390 e. The van der Waals surface area contributed by atoms with Crippen LogP contribution in [0.1, 0.15) is 16.8 Å². The molecule has 0 aliphatic heterocycles. The van der Waals surface area contributed by atoms with Gasteiger partial charge < -0.3 is 5.11 Å². The van der Waals surface area contributed by atoms with E-state index in [4.69, 9.17) is 5.11 Å². The standard InChI is InChI=1S/C11H11FN2O/c12-10-3-1-8(2-4-10)5-9-6-13-14-11(9)7-15/h1-4,6,15H,5,7H2,(H,13,14). The Labute approximate surface area is 86.6 Å². The van der Waals surface area contributed by atoms with E-state index >= 15 is 0 Å². The van der Waals surface area contributed by atoms with Gasteiger partial charge in [0.25, 0.3) is 0 Å². The summed E-state index contributed by atoms with van der Waals surface area (Å²) in [6, 6.07) is 6.30. The third-order valence-corrected chi connectivity index (χ3v) is 2.27. The van der Waals surface area contributed by atoms with Gasteiger partial charge in [-0.25, -0.2) is 4.39 Å². The molecule has 0 atom stereocenters. The van der Waals surface area contributed by atoms with Gasteiger partial charge in [-0.1, -0.05) is 12.1 Å². The van der Waals surface area contributed by atoms with E-state index in [9.17, 15) is 4.39 Å². The predicted molar refractivity (Wildman–Crippen MR) is 53.7 cm³/mol. The van der Waals surface area contributed by atoms with Crippen LogP contribution in [0.5, 0.6) is 0 Å². The number of aromatic nitrogens is 2. The zero-order chi connectivity index (χ0) is 10.7. The van der Waals surface area contributed by atoms with Gasteiger partial charge in [0.15, 0.2) is 0 Å². The van der Waals surface area contributed by atoms with E-state index in [2.05, 4.69) is 10.2 Å². The monoisotopic (exact) mass is 206 g/mol. The molecule has 0 aliphatic carbocycles. The lowest BCUT2D eigenvalue weighted by Gasteiger charge is -2.00. The Kier molecular flexibility index (Phi) is 2.78. The first-order chi connectivity index (χ1) is 7.29. The molecule has 2 aromatic rings. The average molecular weight is 206 g/mol. The molecule has 1 aromatic carbocycles. The normalized spacial score (nSPS) is 10.5. The van der Waals surface area contributed by atoms with E-state index in [1.807, 2.05) is 0 Å². The highest BCUT2D eigenvalue weighted by Gasteiger charge is 2.05. The van der Waals surface area contributed by atoms with Crippen molar-refractivity contribution in [1.29, 1.82) is 0 Å². The zero-order valence-corrected chi connectivity index (χ0v) is 8.07. The molecule has 1 aromatic heterocycles. The molecule has 2 N–H and O–H groups in total. The van der Waals surface area contributed by atoms with Crippen LogP contribution in [0.4, 0.5) is 4.39 Å². The number of benzene rings is 1. The topological polar surface area (TPSA) is 48.9 Å². The van der Waals surface area contributed by atoms with E-state index in [0.29, 0.717) is 12.1 Å². The molecule has 0 unspecified atom stereocenters. The van der Waals surface area contributed by atoms with E-state index in [1.165, 1.54) is 12.1 Å². The van der Waals surface area contributed by atoms with Crippen LogP contribution in [0, 0.1) is 5.82 Å². The second-order valence-corrected chi connectivity index (χ2v) is 3.32. The molecule has 0 bridgehead atoms. The first-order valence-corrected chi connectivity index (χ1v) is 4.66. The Morgan fingerprint density at radius 3 is 2.67 bits per heavy atom. The summed E-state index contributed by atoms with van der Waals surface area (Å²) in [4.78, 5) is 0. The van der Waals surface area contributed by atoms with Gasteiger partial charge in [-0.2, -0.15) is 5.10 Å². The Morgan fingerprint density at radius 2 is 2.00 bits per heavy atom. The van der Waals surface area contributed by atoms with Gasteiger partial charge in [-0.3, -0.25) is 5.10 Å². The molecule has 0 spiro atoms. The third kappa shape index (κ3) is 2.22. The molecule has 0 amide bonds. The maximum atomic E-state index is 12.7. The minimum Gasteiger partial charge on any atom is -0.390 e. The number of hydrogen-bond donors (Lipinski definition) is 2. The lowest BCUT2D eigenvalue weighted by Crippen LogP contribution is -1.93. The van der Waals surface area contributed by atoms with E-state index in [0.717, 1.165) is 11.1 Å². The van der Waals surface area contributed by atoms with Crippen LogP contribution in [0.15, 0.2) is 30.5 Å². The molecule has 78 valence electrons. The molecule has 0 fully saturated rings. The summed E-state index contributed by atoms with van der Waals surface area (Å²) >= 11 is 0. The Hall–Kier alpha value is -1.68. The number of hydrogen-bond acceptors (Lipinski definition) is 2. The number of rotatable bonds is 3. The summed E-state index contributed by atoms with van der Waals surface area (Å²) < 4.78 is 12.7. The van der Waals surface area contributed by atoms with Gasteiger partial charge in [0.1, 0.15) is 5.82 Å². The van der Waals surface area contributed by atoms with Crippen LogP contribution in [0.3, 0.4) is 0 Å². The number of halogens is 1. The number of nitrogens with zero attached hydrogens (tertiary/aromatic N) is 1. The maximum absolute atomic E-state index is 12.7. The van der Waals surface area contributed by atoms with Crippen LogP contribution in [0.25, 0.3) is 0 Å². The van der Waals surface area contributed by atoms with Crippen LogP contribution >= 0.6 is 0 Å². The highest BCUT2D eigenvalue weighted by molar-refractivity contribution is 5.26. The molecule has 3 nitrogen and oxygen atoms in total. The smallest absolute Gasteiger partial charge is 0.123 e. The maximum Gasteiger partial charge on any atom is 0.123 e. The van der Waals surface area contributed by atoms with Gasteiger partial charge in [-0.15, -0.1) is 0 Å². The second kappa shape index (κ2) is 4.23. The van der Waals surface area contributed by atoms with Crippen molar-refractivity contribution in [3.63, 3.8) is 0 Å². The van der Waals surface area contributed by atoms with Crippen LogP contribution in [-0.2, 0) is 13.0 Å². The van der Waals surface area contributed by atoms with Crippen molar-refractivity contribution >= 4 is 0 Å². The Morgan fingerprint density at radius 1 is 1.27 bits per heavy atom. The van der Waals surface area contributed by atoms with Crippen molar-refractivity contribution in [1.82, 2.24) is 10.2 Å². The van der Waals surface area contributed by atoms with Gasteiger partial charge in [-0.05, 0) is 23.3 Å². The number of aliphatic hydroxyl groups is 1. The molecule has 4 heteroatoms. The van der Waals surface area contributed by atoms with Gasteiger partial charge in [0, 0.05) is 12.6 Å². The Balaban J connectivity index is 2.18. The van der Waals surface area contributed by atoms with Gasteiger partial charge in [0.2, 0.25) is 0 Å². The minimum atomic E-state index is -0.242. The number of aliphatic hydroxyl groups excluding tert-OH is 1. The summed E-state index contributed by atoms with van der Waals surface area (Å²) in [6.07, 6.45) is 2.39. The van der Waals surface area contributed by atoms with E-state index in [1.54, 1.807) is 18.3 Å². The van der Waals surface area contributed by atoms with Gasteiger partial charge >= 0.3 is 0 Å². The first-order valence-electron chi connectivity index (χ1n) is 4.66. The number of H-pyrrole nitrogens is 1. The van der Waals surface area contributed by atoms with Crippen molar-refractivity contribution in [2.75, 3.05) is 0 Å². The quantitative estimate of drug-likeness (QED) is 0.801.